The Morgan fingerprint density at radius 3 is 2.71 bits per heavy atom. The average molecular weight is 253 g/mol. The zero-order chi connectivity index (χ0) is 12.6. The van der Waals surface area contributed by atoms with Gasteiger partial charge in [-0.1, -0.05) is 0 Å². The number of carboxylic acids is 1. The summed E-state index contributed by atoms with van der Waals surface area (Å²) in [5.41, 5.74) is 0.653. The molecule has 0 bridgehead atoms. The molecule has 1 saturated heterocycles. The summed E-state index contributed by atoms with van der Waals surface area (Å²) in [6.07, 6.45) is 1.33. The Morgan fingerprint density at radius 1 is 1.47 bits per heavy atom. The second kappa shape index (κ2) is 4.49. The Balaban J connectivity index is 2.25. The van der Waals surface area contributed by atoms with Crippen LogP contribution in [-0.4, -0.2) is 34.5 Å². The number of amides is 1. The van der Waals surface area contributed by atoms with E-state index in [-0.39, 0.29) is 5.91 Å². The molecule has 1 atom stereocenters. The van der Waals surface area contributed by atoms with Gasteiger partial charge in [-0.25, -0.2) is 4.79 Å². The maximum atomic E-state index is 12.3. The van der Waals surface area contributed by atoms with Gasteiger partial charge in [0.1, 0.15) is 6.04 Å². The Morgan fingerprint density at radius 2 is 2.18 bits per heavy atom. The van der Waals surface area contributed by atoms with Crippen molar-refractivity contribution in [1.29, 1.82) is 0 Å². The summed E-state index contributed by atoms with van der Waals surface area (Å²) in [6.45, 7) is 4.40. The van der Waals surface area contributed by atoms with Crippen LogP contribution in [0.2, 0.25) is 0 Å². The molecule has 17 heavy (non-hydrogen) atoms. The first-order valence-corrected chi connectivity index (χ1v) is 6.43. The molecular weight excluding hydrogens is 238 g/mol. The van der Waals surface area contributed by atoms with Crippen LogP contribution in [0.1, 0.15) is 33.0 Å². The van der Waals surface area contributed by atoms with Gasteiger partial charge in [0.15, 0.2) is 0 Å². The Kier molecular flexibility index (Phi) is 3.19. The second-order valence-corrected chi connectivity index (χ2v) is 5.78. The van der Waals surface area contributed by atoms with Gasteiger partial charge in [-0.15, -0.1) is 11.3 Å². The first-order valence-electron chi connectivity index (χ1n) is 5.61. The molecule has 0 spiro atoms. The van der Waals surface area contributed by atoms with Crippen LogP contribution in [0.5, 0.6) is 0 Å². The Bertz CT molecular complexity index is 466. The average Bonchev–Trinajstić information content (AvgIpc) is 2.83. The highest BCUT2D eigenvalue weighted by Gasteiger charge is 2.35. The third kappa shape index (κ3) is 2.20. The number of carboxylic acid groups (broad SMARTS) is 1. The predicted molar refractivity (Wildman–Crippen MR) is 65.5 cm³/mol. The first kappa shape index (κ1) is 12.1. The van der Waals surface area contributed by atoms with Gasteiger partial charge in [-0.05, 0) is 32.8 Å². The molecule has 1 amide bonds. The predicted octanol–water partition coefficient (Wildman–Crippen LogP) is 2.05. The van der Waals surface area contributed by atoms with Crippen molar-refractivity contribution in [2.45, 2.75) is 32.7 Å². The molecule has 1 aromatic rings. The fraction of sp³-hybridized carbons (Fsp3) is 0.500. The number of nitrogens with zero attached hydrogens (tertiary/aromatic N) is 1. The molecular formula is C12H15NO3S. The first-order chi connectivity index (χ1) is 8.00. The number of hydrogen-bond acceptors (Lipinski definition) is 3. The molecule has 0 unspecified atom stereocenters. The fourth-order valence-corrected chi connectivity index (χ4v) is 3.18. The number of likely N-dealkylation sites (tertiary alicyclic amines) is 1. The maximum absolute atomic E-state index is 12.3. The van der Waals surface area contributed by atoms with Crippen LogP contribution in [0.3, 0.4) is 0 Å². The third-order valence-corrected chi connectivity index (χ3v) is 4.04. The summed E-state index contributed by atoms with van der Waals surface area (Å²) in [5, 5.41) is 9.06. The van der Waals surface area contributed by atoms with Gasteiger partial charge in [0, 0.05) is 16.3 Å². The minimum atomic E-state index is -0.902. The van der Waals surface area contributed by atoms with E-state index in [4.69, 9.17) is 5.11 Å². The van der Waals surface area contributed by atoms with Gasteiger partial charge in [0.25, 0.3) is 5.91 Å². The number of carbonyl (C=O) groups is 2. The van der Waals surface area contributed by atoms with E-state index in [0.29, 0.717) is 18.5 Å². The molecule has 1 aliphatic heterocycles. The number of aryl methyl sites for hydroxylation is 2. The highest BCUT2D eigenvalue weighted by molar-refractivity contribution is 7.12. The van der Waals surface area contributed by atoms with Crippen molar-refractivity contribution in [3.05, 3.63) is 21.4 Å². The van der Waals surface area contributed by atoms with E-state index >= 15 is 0 Å². The van der Waals surface area contributed by atoms with E-state index in [1.165, 1.54) is 4.90 Å². The van der Waals surface area contributed by atoms with Crippen LogP contribution in [0, 0.1) is 13.8 Å². The summed E-state index contributed by atoms with van der Waals surface area (Å²) in [7, 11) is 0. The zero-order valence-corrected chi connectivity index (χ0v) is 10.7. The topological polar surface area (TPSA) is 57.6 Å². The maximum Gasteiger partial charge on any atom is 0.326 e. The van der Waals surface area contributed by atoms with E-state index < -0.39 is 12.0 Å². The zero-order valence-electron chi connectivity index (χ0n) is 9.90. The molecule has 0 saturated carbocycles. The molecule has 92 valence electrons. The molecule has 1 fully saturated rings. The molecule has 0 aliphatic carbocycles. The molecule has 0 aromatic carbocycles. The number of thiophene rings is 1. The molecule has 1 aliphatic rings. The minimum absolute atomic E-state index is 0.142. The van der Waals surface area contributed by atoms with Gasteiger partial charge in [0.05, 0.1) is 5.56 Å². The van der Waals surface area contributed by atoms with Crippen molar-refractivity contribution in [1.82, 2.24) is 4.90 Å². The summed E-state index contributed by atoms with van der Waals surface area (Å²) in [6, 6.07) is 1.20. The normalized spacial score (nSPS) is 19.6. The van der Waals surface area contributed by atoms with Crippen LogP contribution < -0.4 is 0 Å². The molecule has 5 heteroatoms. The quantitative estimate of drug-likeness (QED) is 0.877. The van der Waals surface area contributed by atoms with Crippen molar-refractivity contribution in [3.63, 3.8) is 0 Å². The van der Waals surface area contributed by atoms with Crippen molar-refractivity contribution >= 4 is 23.2 Å². The van der Waals surface area contributed by atoms with Crippen molar-refractivity contribution in [2.75, 3.05) is 6.54 Å². The van der Waals surface area contributed by atoms with E-state index in [1.807, 2.05) is 19.9 Å². The highest BCUT2D eigenvalue weighted by atomic mass is 32.1. The lowest BCUT2D eigenvalue weighted by atomic mass is 10.2. The van der Waals surface area contributed by atoms with Crippen molar-refractivity contribution in [2.24, 2.45) is 0 Å². The lowest BCUT2D eigenvalue weighted by Gasteiger charge is -2.21. The lowest BCUT2D eigenvalue weighted by molar-refractivity contribution is -0.141. The van der Waals surface area contributed by atoms with Crippen molar-refractivity contribution in [3.8, 4) is 0 Å². The van der Waals surface area contributed by atoms with Gasteiger partial charge < -0.3 is 10.0 Å². The standard InChI is InChI=1S/C12H15NO3S/c1-7-6-9(8(2)17-7)11(14)13-5-3-4-10(13)12(15)16/h6,10H,3-5H2,1-2H3,(H,15,16)/t10-/m0/s1. The molecule has 2 heterocycles. The number of hydrogen-bond donors (Lipinski definition) is 1. The molecule has 4 nitrogen and oxygen atoms in total. The van der Waals surface area contributed by atoms with E-state index in [2.05, 4.69) is 0 Å². The lowest BCUT2D eigenvalue weighted by Crippen LogP contribution is -2.40. The summed E-state index contributed by atoms with van der Waals surface area (Å²) in [5.74, 6) is -1.04. The van der Waals surface area contributed by atoms with Crippen LogP contribution in [0.25, 0.3) is 0 Å². The van der Waals surface area contributed by atoms with Crippen LogP contribution in [0.15, 0.2) is 6.07 Å². The van der Waals surface area contributed by atoms with Gasteiger partial charge in [0.2, 0.25) is 0 Å². The molecule has 1 N–H and O–H groups in total. The highest BCUT2D eigenvalue weighted by Crippen LogP contribution is 2.26. The summed E-state index contributed by atoms with van der Waals surface area (Å²) >= 11 is 1.57. The largest absolute Gasteiger partial charge is 0.480 e. The van der Waals surface area contributed by atoms with E-state index in [9.17, 15) is 9.59 Å². The second-order valence-electron chi connectivity index (χ2n) is 4.32. The summed E-state index contributed by atoms with van der Waals surface area (Å²) < 4.78 is 0. The molecule has 2 rings (SSSR count). The van der Waals surface area contributed by atoms with Crippen molar-refractivity contribution < 1.29 is 14.7 Å². The monoisotopic (exact) mass is 253 g/mol. The fourth-order valence-electron chi connectivity index (χ4n) is 2.26. The SMILES string of the molecule is Cc1cc(C(=O)N2CCC[C@H]2C(=O)O)c(C)s1. The third-order valence-electron chi connectivity index (χ3n) is 3.07. The molecule has 0 radical (unpaired) electrons. The van der Waals surface area contributed by atoms with Crippen LogP contribution in [0.4, 0.5) is 0 Å². The van der Waals surface area contributed by atoms with Gasteiger partial charge in [-0.2, -0.15) is 0 Å². The number of rotatable bonds is 2. The number of carbonyl (C=O) groups excluding carboxylic acids is 1. The summed E-state index contributed by atoms with van der Waals surface area (Å²) in [4.78, 5) is 26.8. The van der Waals surface area contributed by atoms with Gasteiger partial charge in [-0.3, -0.25) is 4.79 Å². The number of aliphatic carboxylic acids is 1. The van der Waals surface area contributed by atoms with Crippen LogP contribution >= 0.6 is 11.3 Å². The minimum Gasteiger partial charge on any atom is -0.480 e. The Labute approximate surface area is 104 Å². The van der Waals surface area contributed by atoms with E-state index in [0.717, 1.165) is 16.2 Å². The van der Waals surface area contributed by atoms with Crippen LogP contribution in [-0.2, 0) is 4.79 Å². The van der Waals surface area contributed by atoms with E-state index in [1.54, 1.807) is 11.3 Å². The smallest absolute Gasteiger partial charge is 0.326 e. The molecule has 1 aromatic heterocycles. The van der Waals surface area contributed by atoms with Gasteiger partial charge >= 0.3 is 5.97 Å². The Hall–Kier alpha value is -1.36.